The number of nitrogens with zero attached hydrogens (tertiary/aromatic N) is 8. The smallest absolute Gasteiger partial charge is 0.410 e. The average Bonchev–Trinajstić information content (AvgIpc) is 0.862. The molecule has 3 aliphatic rings. The van der Waals surface area contributed by atoms with E-state index < -0.39 is 143 Å². The number of likely N-dealkylation sites (N-methyl/N-ethyl adjacent to an activating group) is 2. The number of carbonyl (C=O) groups is 9. The van der Waals surface area contributed by atoms with E-state index in [1.165, 1.54) is 60.2 Å². The van der Waals surface area contributed by atoms with Crippen LogP contribution in [0.3, 0.4) is 0 Å². The Kier molecular flexibility index (Phi) is 50.5. The number of nitro groups is 1. The van der Waals surface area contributed by atoms with Crippen LogP contribution in [0.5, 0.6) is 5.75 Å². The number of unbranched alkanes of at least 4 members (excludes halogenated alkanes) is 2. The van der Waals surface area contributed by atoms with Crippen molar-refractivity contribution in [3.63, 3.8) is 0 Å². The number of rotatable bonds is 68. The first-order valence-electron chi connectivity index (χ1n) is 44.8. The zero-order valence-corrected chi connectivity index (χ0v) is 77.2. The Hall–Kier alpha value is -8.73. The number of aromatic nitrogens is 3. The lowest BCUT2D eigenvalue weighted by molar-refractivity contribution is -0.387. The van der Waals surface area contributed by atoms with Crippen molar-refractivity contribution in [1.29, 1.82) is 0 Å². The van der Waals surface area contributed by atoms with Crippen molar-refractivity contribution in [2.45, 2.75) is 205 Å². The number of hydrogen-bond donors (Lipinski definition) is 7. The second-order valence-corrected chi connectivity index (χ2v) is 33.0. The monoisotopic (exact) mass is 1840 g/mol. The van der Waals surface area contributed by atoms with Crippen LogP contribution in [-0.4, -0.2) is 366 Å². The van der Waals surface area contributed by atoms with Crippen LogP contribution in [0.25, 0.3) is 0 Å². The number of benzene rings is 2. The number of aliphatic carboxylic acids is 1. The van der Waals surface area contributed by atoms with Crippen LogP contribution in [0.4, 0.5) is 10.5 Å². The van der Waals surface area contributed by atoms with Gasteiger partial charge in [-0.25, -0.2) is 14.3 Å². The fraction of sp³-hybridized carbons (Fsp3) is 0.719. The molecule has 16 atom stereocenters. The average molecular weight is 1850 g/mol. The van der Waals surface area contributed by atoms with Gasteiger partial charge >= 0.3 is 17.7 Å². The molecule has 3 aromatic rings. The van der Waals surface area contributed by atoms with Crippen molar-refractivity contribution >= 4 is 59.0 Å². The number of nitrogens with one attached hydrogen (secondary N) is 2. The van der Waals surface area contributed by atoms with Gasteiger partial charge in [-0.1, -0.05) is 110 Å². The molecule has 2 aromatic carbocycles. The number of aliphatic hydroxyl groups is 4. The summed E-state index contributed by atoms with van der Waals surface area (Å²) in [4.78, 5) is 138. The molecule has 2 saturated heterocycles. The summed E-state index contributed by atoms with van der Waals surface area (Å²) in [5, 5.41) is 79.4. The minimum Gasteiger partial charge on any atom is -0.479 e. The Balaban J connectivity index is 0.913. The predicted octanol–water partition coefficient (Wildman–Crippen LogP) is 3.99. The van der Waals surface area contributed by atoms with Crippen molar-refractivity contribution in [2.75, 3.05) is 180 Å². The topological polar surface area (TPSA) is 504 Å². The van der Waals surface area contributed by atoms with Crippen molar-refractivity contribution in [1.82, 2.24) is 45.2 Å². The number of carbonyl (C=O) groups excluding carboxylic acids is 8. The summed E-state index contributed by atoms with van der Waals surface area (Å²) in [6.45, 7) is 22.7. The molecule has 0 spiro atoms. The van der Waals surface area contributed by atoms with Crippen molar-refractivity contribution in [3.8, 4) is 5.75 Å². The van der Waals surface area contributed by atoms with Gasteiger partial charge in [-0.15, -0.1) is 5.10 Å². The van der Waals surface area contributed by atoms with Crippen molar-refractivity contribution in [2.24, 2.45) is 29.6 Å². The summed E-state index contributed by atoms with van der Waals surface area (Å²) >= 11 is 0. The predicted molar refractivity (Wildman–Crippen MR) is 466 cm³/mol. The highest BCUT2D eigenvalue weighted by atomic mass is 16.7. The van der Waals surface area contributed by atoms with E-state index in [9.17, 15) is 74.0 Å². The molecule has 1 aromatic heterocycles. The molecule has 2 fully saturated rings. The number of ketones is 1. The Morgan fingerprint density at radius 2 is 1.21 bits per heavy atom. The normalized spacial score (nSPS) is 19.3. The van der Waals surface area contributed by atoms with E-state index in [-0.39, 0.29) is 92.2 Å². The lowest BCUT2D eigenvalue weighted by atomic mass is 9.85. The molecular formula is C89H140N10O31. The third-order valence-corrected chi connectivity index (χ3v) is 22.8. The van der Waals surface area contributed by atoms with Gasteiger partial charge in [-0.05, 0) is 66.5 Å². The van der Waals surface area contributed by atoms with E-state index >= 15 is 4.79 Å². The molecule has 41 nitrogen and oxygen atoms in total. The number of carboxylic acid groups (broad SMARTS) is 1. The van der Waals surface area contributed by atoms with Gasteiger partial charge in [-0.2, -0.15) is 0 Å². The van der Waals surface area contributed by atoms with E-state index in [1.807, 2.05) is 51.1 Å². The van der Waals surface area contributed by atoms with Crippen LogP contribution in [-0.2, 0) is 118 Å². The molecule has 4 heterocycles. The maximum Gasteiger partial charge on any atom is 0.410 e. The maximum atomic E-state index is 15.1. The van der Waals surface area contributed by atoms with Crippen LogP contribution in [0.15, 0.2) is 66.9 Å². The highest BCUT2D eigenvalue weighted by Crippen LogP contribution is 2.37. The van der Waals surface area contributed by atoms with E-state index in [0.717, 1.165) is 23.5 Å². The highest BCUT2D eigenvalue weighted by molar-refractivity contribution is 6.12. The molecule has 0 aliphatic carbocycles. The Bertz CT molecular complexity index is 3910. The summed E-state index contributed by atoms with van der Waals surface area (Å²) in [7, 11) is 5.89. The van der Waals surface area contributed by atoms with Gasteiger partial charge in [0.1, 0.15) is 42.3 Å². The maximum absolute atomic E-state index is 15.1. The molecule has 41 heteroatoms. The molecular weight excluding hydrogens is 1710 g/mol. The van der Waals surface area contributed by atoms with Crippen molar-refractivity contribution in [3.05, 3.63) is 93.8 Å². The lowest BCUT2D eigenvalue weighted by Gasteiger charge is -2.41. The number of methoxy groups -OCH3 is 2. The zero-order chi connectivity index (χ0) is 95.2. The second kappa shape index (κ2) is 59.7. The number of likely N-dealkylation sites (tertiary alicyclic amines) is 1. The molecule has 6 rings (SSSR count). The molecule has 130 heavy (non-hydrogen) atoms. The fourth-order valence-corrected chi connectivity index (χ4v) is 15.3. The van der Waals surface area contributed by atoms with Gasteiger partial charge in [0, 0.05) is 97.5 Å². The quantitative estimate of drug-likeness (QED) is 0.0182. The Morgan fingerprint density at radius 1 is 0.654 bits per heavy atom. The van der Waals surface area contributed by atoms with E-state index in [1.54, 1.807) is 46.6 Å². The molecule has 7 N–H and O–H groups in total. The standard InChI is InChI=1S/C89H140N10O31/c1-13-60(6)78(71(116-11)56-75(104)97-31-20-23-66(97)83(117-12)62(8)68(100)53-61(7)79(105)63-21-16-14-17-22-63)94(9)86(110)76(58(2)3)91-85(109)77(59(4)5)95(10)89(113)129-70(64-25-26-69(67(54-64)99(114)115)128-88-82(108)80(106)81(107)84(130-88)87(111)112)55-65-57-96(93-92-65)32-34-119-36-38-121-40-42-123-44-46-125-48-50-127-52-51-126-49-47-124-45-43-122-41-39-120-37-35-118-33-29-90-72(101)24-18-15-19-30-98-73(102)27-28-74(98)103/h14,16-17,21-22,25-28,54,57-62,66,70-71,76-84,88,105-108H,13,15,18-20,23-24,29-53,55-56H2,1-12H3,(H,90,101)(H,91,109)(H,111,112)/t60-,61-,62-,66-,70+,71+,76-,77-,78-,79+,80-,81-,82+,83+,84-,88+/m0/s1. The number of amides is 7. The third kappa shape index (κ3) is 36.3. The van der Waals surface area contributed by atoms with Crippen LogP contribution in [0, 0.1) is 39.7 Å². The summed E-state index contributed by atoms with van der Waals surface area (Å²) in [6, 6.07) is 8.78. The minimum atomic E-state index is -2.10. The Morgan fingerprint density at radius 3 is 1.72 bits per heavy atom. The van der Waals surface area contributed by atoms with Crippen LogP contribution >= 0.6 is 0 Å². The first-order chi connectivity index (χ1) is 62.3. The first kappa shape index (κ1) is 110. The third-order valence-electron chi connectivity index (χ3n) is 22.8. The van der Waals surface area contributed by atoms with E-state index in [0.29, 0.717) is 176 Å². The van der Waals surface area contributed by atoms with Crippen LogP contribution in [0.1, 0.15) is 142 Å². The van der Waals surface area contributed by atoms with Gasteiger partial charge in [0.15, 0.2) is 11.9 Å². The van der Waals surface area contributed by atoms with Gasteiger partial charge in [-0.3, -0.25) is 53.5 Å². The highest BCUT2D eigenvalue weighted by Gasteiger charge is 2.50. The lowest BCUT2D eigenvalue weighted by Crippen LogP contribution is -2.61. The summed E-state index contributed by atoms with van der Waals surface area (Å²) < 4.78 is 86.5. The summed E-state index contributed by atoms with van der Waals surface area (Å²) in [5.74, 6) is -7.06. The number of imide groups is 1. The number of aliphatic hydroxyl groups excluding tert-OH is 4. The van der Waals surface area contributed by atoms with Crippen molar-refractivity contribution < 1.29 is 145 Å². The zero-order valence-electron chi connectivity index (χ0n) is 77.2. The number of hydrogen-bond acceptors (Lipinski definition) is 32. The first-order valence-corrected chi connectivity index (χ1v) is 44.8. The second-order valence-electron chi connectivity index (χ2n) is 33.0. The number of Topliss-reactive ketones (excluding diaryl/α,β-unsaturated/α-hetero) is 1. The fourth-order valence-electron chi connectivity index (χ4n) is 15.3. The van der Waals surface area contributed by atoms with Gasteiger partial charge in [0.2, 0.25) is 29.9 Å². The van der Waals surface area contributed by atoms with Crippen LogP contribution < -0.4 is 15.4 Å². The van der Waals surface area contributed by atoms with Gasteiger partial charge in [0.25, 0.3) is 11.8 Å². The Labute approximate surface area is 760 Å². The molecule has 0 saturated carbocycles. The van der Waals surface area contributed by atoms with Crippen LogP contribution in [0.2, 0.25) is 0 Å². The largest absolute Gasteiger partial charge is 0.479 e. The summed E-state index contributed by atoms with van der Waals surface area (Å²) in [6.07, 6.45) is -7.40. The van der Waals surface area contributed by atoms with E-state index in [4.69, 9.17) is 71.1 Å². The molecule has 3 aliphatic heterocycles. The molecule has 7 amide bonds. The molecule has 0 bridgehead atoms. The SMILES string of the molecule is CC[C@H](C)[C@@H]([C@@H](CC(=O)N1CCC[C@H]1[C@H](OC)[C@@H](C)C(=O)C[C@H](C)[C@@H](O)c1ccccc1)OC)N(C)C(=O)[C@@H](NC(=O)[C@H](C(C)C)N(C)C(=O)O[C@H](Cc1cn(CCOCCOCCOCCOCCOCCOCCOCCOCCOCCOCCNC(=O)CCCCCN2C(=O)C=CC2=O)nn1)c1ccc(O[C@@H]2O[C@H](C(=O)O)[C@@H](O)[C@H](O)[C@H]2O)c([N+](=O)[O-])c1)C(C)C. The number of ether oxygens (including phenoxy) is 15. The molecule has 732 valence electrons. The van der Waals surface area contributed by atoms with E-state index in [2.05, 4.69) is 20.9 Å². The molecule has 0 radical (unpaired) electrons. The van der Waals surface area contributed by atoms with Gasteiger partial charge < -0.3 is 117 Å². The molecule has 0 unspecified atom stereocenters. The number of carboxylic acids is 1. The van der Waals surface area contributed by atoms with Gasteiger partial charge in [0.05, 0.1) is 186 Å². The number of nitro benzene ring substituents is 1. The minimum absolute atomic E-state index is 0.0229. The summed E-state index contributed by atoms with van der Waals surface area (Å²) in [5.41, 5.74) is 0.111.